The molecule has 1 aromatic rings. The molecule has 0 amide bonds. The van der Waals surface area contributed by atoms with Gasteiger partial charge in [-0.25, -0.2) is 13.6 Å². The first-order chi connectivity index (χ1) is 5.91. The number of nitrogens with two attached hydrogens (primary N) is 1. The molecule has 0 saturated heterocycles. The average Bonchev–Trinajstić information content (AvgIpc) is 2.03. The molecule has 1 rings (SSSR count). The number of hydrogen-bond acceptors (Lipinski definition) is 2. The average molecular weight is 309 g/mol. The summed E-state index contributed by atoms with van der Waals surface area (Å²) < 4.78 is 21.3. The predicted octanol–water partition coefficient (Wildman–Crippen LogP) is 0.414. The van der Waals surface area contributed by atoms with Crippen molar-refractivity contribution >= 4 is 41.6 Å². The fraction of sp³-hybridized carbons (Fsp3) is 0.143. The quantitative estimate of drug-likeness (QED) is 0.635. The SMILES string of the molecule is Cc1ccc(B(I)S(N)(=O)=O)cc1. The number of halogens is 1. The molecule has 3 nitrogen and oxygen atoms in total. The lowest BCUT2D eigenvalue weighted by Crippen LogP contribution is -2.38. The van der Waals surface area contributed by atoms with Crippen LogP contribution in [-0.4, -0.2) is 12.3 Å². The van der Waals surface area contributed by atoms with Crippen molar-refractivity contribution in [2.45, 2.75) is 6.92 Å². The van der Waals surface area contributed by atoms with Crippen LogP contribution in [-0.2, 0) is 9.87 Å². The van der Waals surface area contributed by atoms with Gasteiger partial charge in [-0.05, 0) is 12.4 Å². The standard InChI is InChI=1S/C7H9BINO2S/c1-6-2-4-7(5-3-6)8(9)13(10,11)12/h2-5H,1H3,(H2,10,11,12). The van der Waals surface area contributed by atoms with Crippen LogP contribution in [0.15, 0.2) is 24.3 Å². The van der Waals surface area contributed by atoms with Gasteiger partial charge in [0.05, 0.1) is 0 Å². The maximum atomic E-state index is 11.0. The van der Waals surface area contributed by atoms with E-state index < -0.39 is 13.7 Å². The van der Waals surface area contributed by atoms with Gasteiger partial charge in [-0.3, -0.25) is 0 Å². The molecule has 0 aromatic heterocycles. The van der Waals surface area contributed by atoms with Gasteiger partial charge in [0, 0.05) is 0 Å². The van der Waals surface area contributed by atoms with E-state index in [1.54, 1.807) is 12.1 Å². The Morgan fingerprint density at radius 3 is 2.15 bits per heavy atom. The van der Waals surface area contributed by atoms with Crippen molar-refractivity contribution in [2.24, 2.45) is 5.14 Å². The Morgan fingerprint density at radius 1 is 1.31 bits per heavy atom. The second-order valence-electron chi connectivity index (χ2n) is 2.82. The van der Waals surface area contributed by atoms with Crippen LogP contribution in [0.25, 0.3) is 0 Å². The van der Waals surface area contributed by atoms with Gasteiger partial charge in [0.15, 0.2) is 9.87 Å². The molecule has 0 radical (unpaired) electrons. The van der Waals surface area contributed by atoms with E-state index in [2.05, 4.69) is 0 Å². The Bertz CT molecular complexity index is 389. The normalized spacial score (nSPS) is 11.3. The van der Waals surface area contributed by atoms with Crippen molar-refractivity contribution in [3.8, 4) is 0 Å². The molecular weight excluding hydrogens is 300 g/mol. The molecular formula is C7H9BINO2S. The van der Waals surface area contributed by atoms with E-state index in [1.165, 1.54) is 0 Å². The third-order valence-electron chi connectivity index (χ3n) is 1.63. The molecule has 0 fully saturated rings. The molecule has 0 heterocycles. The van der Waals surface area contributed by atoms with E-state index in [4.69, 9.17) is 5.14 Å². The molecule has 0 bridgehead atoms. The number of aryl methyl sites for hydroxylation is 1. The van der Waals surface area contributed by atoms with E-state index in [-0.39, 0.29) is 0 Å². The fourth-order valence-electron chi connectivity index (χ4n) is 0.907. The summed E-state index contributed by atoms with van der Waals surface area (Å²) in [5.74, 6) is 0. The molecule has 0 unspecified atom stereocenters. The van der Waals surface area contributed by atoms with E-state index in [0.29, 0.717) is 5.46 Å². The van der Waals surface area contributed by atoms with Crippen LogP contribution in [0.5, 0.6) is 0 Å². The molecule has 0 aliphatic rings. The van der Waals surface area contributed by atoms with Crippen molar-refractivity contribution < 1.29 is 8.42 Å². The zero-order valence-electron chi connectivity index (χ0n) is 7.07. The third kappa shape index (κ3) is 2.96. The van der Waals surface area contributed by atoms with Crippen molar-refractivity contribution in [1.82, 2.24) is 0 Å². The summed E-state index contributed by atoms with van der Waals surface area (Å²) in [4.78, 5) is 0. The van der Waals surface area contributed by atoms with Gasteiger partial charge >= 0.3 is 3.85 Å². The van der Waals surface area contributed by atoms with Crippen LogP contribution in [0, 0.1) is 6.92 Å². The summed E-state index contributed by atoms with van der Waals surface area (Å²) in [5, 5.41) is 5.01. The Balaban J connectivity index is 3.04. The molecule has 0 spiro atoms. The smallest absolute Gasteiger partial charge is 0.237 e. The van der Waals surface area contributed by atoms with E-state index >= 15 is 0 Å². The van der Waals surface area contributed by atoms with Crippen LogP contribution in [0.3, 0.4) is 0 Å². The molecule has 2 N–H and O–H groups in total. The van der Waals surface area contributed by atoms with Gasteiger partial charge < -0.3 is 0 Å². The lowest BCUT2D eigenvalue weighted by Gasteiger charge is -2.03. The summed E-state index contributed by atoms with van der Waals surface area (Å²) in [7, 11) is -3.48. The summed E-state index contributed by atoms with van der Waals surface area (Å²) in [6, 6.07) is 7.28. The molecule has 1 aromatic carbocycles. The minimum absolute atomic E-state index is 0.661. The minimum Gasteiger partial charge on any atom is -0.237 e. The Labute approximate surface area is 91.6 Å². The van der Waals surface area contributed by atoms with Gasteiger partial charge in [-0.2, -0.15) is 0 Å². The molecule has 0 aliphatic heterocycles. The van der Waals surface area contributed by atoms with Crippen LogP contribution in [0.2, 0.25) is 0 Å². The molecule has 0 saturated carbocycles. The second-order valence-corrected chi connectivity index (χ2v) is 6.56. The second kappa shape index (κ2) is 3.97. The topological polar surface area (TPSA) is 60.2 Å². The fourth-order valence-corrected chi connectivity index (χ4v) is 1.86. The lowest BCUT2D eigenvalue weighted by molar-refractivity contribution is 0.610. The molecule has 6 heteroatoms. The van der Waals surface area contributed by atoms with E-state index in [0.717, 1.165) is 5.56 Å². The number of hydrogen-bond donors (Lipinski definition) is 1. The zero-order valence-corrected chi connectivity index (χ0v) is 10.0. The van der Waals surface area contributed by atoms with Crippen molar-refractivity contribution in [1.29, 1.82) is 0 Å². The maximum Gasteiger partial charge on any atom is 0.411 e. The largest absolute Gasteiger partial charge is 0.411 e. The summed E-state index contributed by atoms with van der Waals surface area (Å²) in [5.41, 5.74) is 1.82. The van der Waals surface area contributed by atoms with Crippen molar-refractivity contribution in [3.05, 3.63) is 29.8 Å². The zero-order chi connectivity index (χ0) is 10.1. The molecule has 70 valence electrons. The van der Waals surface area contributed by atoms with Gasteiger partial charge in [-0.1, -0.05) is 29.8 Å². The highest BCUT2D eigenvalue weighted by atomic mass is 127. The predicted molar refractivity (Wildman–Crippen MR) is 63.7 cm³/mol. The highest BCUT2D eigenvalue weighted by Gasteiger charge is 2.26. The third-order valence-corrected chi connectivity index (χ3v) is 5.32. The summed E-state index contributed by atoms with van der Waals surface area (Å²) >= 11 is 1.81. The minimum atomic E-state index is -3.48. The maximum absolute atomic E-state index is 11.0. The van der Waals surface area contributed by atoms with Gasteiger partial charge in [0.25, 0.3) is 0 Å². The molecule has 0 aliphatic carbocycles. The molecule has 13 heavy (non-hydrogen) atoms. The first-order valence-corrected chi connectivity index (χ1v) is 6.49. The number of benzene rings is 1. The monoisotopic (exact) mass is 309 g/mol. The van der Waals surface area contributed by atoms with Crippen LogP contribution in [0.1, 0.15) is 5.56 Å². The lowest BCUT2D eigenvalue weighted by atomic mass is 9.93. The van der Waals surface area contributed by atoms with E-state index in [1.807, 2.05) is 41.4 Å². The molecule has 0 atom stereocenters. The Kier molecular flexibility index (Phi) is 3.36. The highest BCUT2D eigenvalue weighted by molar-refractivity contribution is 14.1. The van der Waals surface area contributed by atoms with Crippen LogP contribution in [0.4, 0.5) is 0 Å². The summed E-state index contributed by atoms with van der Waals surface area (Å²) in [6.07, 6.45) is 0. The van der Waals surface area contributed by atoms with Crippen LogP contribution < -0.4 is 10.6 Å². The highest BCUT2D eigenvalue weighted by Crippen LogP contribution is 2.03. The Morgan fingerprint density at radius 2 is 1.77 bits per heavy atom. The summed E-state index contributed by atoms with van der Waals surface area (Å²) in [6.45, 7) is 1.95. The van der Waals surface area contributed by atoms with Gasteiger partial charge in [0.1, 0.15) is 0 Å². The van der Waals surface area contributed by atoms with Gasteiger partial charge in [0.2, 0.25) is 0 Å². The van der Waals surface area contributed by atoms with E-state index in [9.17, 15) is 8.42 Å². The van der Waals surface area contributed by atoms with Crippen LogP contribution >= 0.6 is 22.4 Å². The Hall–Kier alpha value is -0.0751. The van der Waals surface area contributed by atoms with Crippen molar-refractivity contribution in [2.75, 3.05) is 0 Å². The first-order valence-electron chi connectivity index (χ1n) is 3.63. The number of rotatable bonds is 2. The van der Waals surface area contributed by atoms with Crippen molar-refractivity contribution in [3.63, 3.8) is 0 Å². The first kappa shape index (κ1) is 11.0. The van der Waals surface area contributed by atoms with Gasteiger partial charge in [-0.15, -0.1) is 22.4 Å².